The van der Waals surface area contributed by atoms with E-state index in [0.29, 0.717) is 0 Å². The molecule has 234 valence electrons. The summed E-state index contributed by atoms with van der Waals surface area (Å²) < 4.78 is 2.15. The van der Waals surface area contributed by atoms with Crippen molar-refractivity contribution in [2.75, 3.05) is 4.90 Å². The van der Waals surface area contributed by atoms with E-state index >= 15 is 0 Å². The van der Waals surface area contributed by atoms with E-state index in [4.69, 9.17) is 5.10 Å². The average Bonchev–Trinajstić information content (AvgIpc) is 3.58. The number of hydrogen-bond acceptors (Lipinski definition) is 3. The van der Waals surface area contributed by atoms with Gasteiger partial charge in [0, 0.05) is 33.9 Å². The van der Waals surface area contributed by atoms with Crippen LogP contribution in [0.3, 0.4) is 0 Å². The normalized spacial score (nSPS) is 11.6. The van der Waals surface area contributed by atoms with E-state index in [1.54, 1.807) is 0 Å². The van der Waals surface area contributed by atoms with Crippen LogP contribution >= 0.6 is 0 Å². The topological polar surface area (TPSA) is 34.0 Å². The third-order valence-corrected chi connectivity index (χ3v) is 8.50. The summed E-state index contributed by atoms with van der Waals surface area (Å²) in [6.07, 6.45) is 4.30. The molecule has 7 rings (SSSR count). The lowest BCUT2D eigenvalue weighted by atomic mass is 9.86. The minimum Gasteiger partial charge on any atom is -0.311 e. The molecule has 0 unspecified atom stereocenters. The fraction of sp³-hybridized carbons (Fsp3) is 0.0909. The highest BCUT2D eigenvalue weighted by Gasteiger charge is 2.19. The summed E-state index contributed by atoms with van der Waals surface area (Å²) in [7, 11) is 0. The van der Waals surface area contributed by atoms with Crippen molar-refractivity contribution in [3.63, 3.8) is 0 Å². The molecule has 0 bridgehead atoms. The van der Waals surface area contributed by atoms with Crippen LogP contribution < -0.4 is 4.90 Å². The van der Waals surface area contributed by atoms with E-state index in [1.165, 1.54) is 5.56 Å². The molecule has 0 saturated heterocycles. The van der Waals surface area contributed by atoms with Crippen LogP contribution in [0.15, 0.2) is 164 Å². The van der Waals surface area contributed by atoms with Gasteiger partial charge in [-0.05, 0) is 70.6 Å². The summed E-state index contributed by atoms with van der Waals surface area (Å²) in [5.41, 5.74) is 10.1. The minimum atomic E-state index is 0.0857. The fourth-order valence-electron chi connectivity index (χ4n) is 5.87. The van der Waals surface area contributed by atoms with Gasteiger partial charge < -0.3 is 4.90 Å². The average molecular weight is 623 g/mol. The zero-order valence-electron chi connectivity index (χ0n) is 27.5. The molecule has 6 aromatic carbocycles. The van der Waals surface area contributed by atoms with E-state index in [1.807, 2.05) is 30.3 Å². The predicted octanol–water partition coefficient (Wildman–Crippen LogP) is 11.5. The SMILES string of the molecule is CC(C)(C)c1ccc(-c2nnc(-c3ccc(/C=C/c4ccc(N(c5ccccc5)c5ccccc5)cc4)cc3)n2-c2ccccc2)cc1. The molecular formula is C44H38N4. The standard InChI is InChI=1S/C44H38N4/c1-44(2,3)37-29-27-36(28-30-37)43-46-45-42(48(43)40-17-11-6-12-18-40)35-25-21-33(22-26-35)19-20-34-23-31-41(32-24-34)47(38-13-7-4-8-14-38)39-15-9-5-10-16-39/h4-32H,1-3H3/b20-19+. The lowest BCUT2D eigenvalue weighted by Crippen LogP contribution is -2.10. The van der Waals surface area contributed by atoms with Crippen LogP contribution in [0.4, 0.5) is 17.1 Å². The van der Waals surface area contributed by atoms with Crippen molar-refractivity contribution >= 4 is 29.2 Å². The quantitative estimate of drug-likeness (QED) is 0.158. The Hall–Kier alpha value is -6.00. The second-order valence-corrected chi connectivity index (χ2v) is 12.9. The summed E-state index contributed by atoms with van der Waals surface area (Å²) in [6.45, 7) is 6.69. The van der Waals surface area contributed by atoms with Gasteiger partial charge in [0.1, 0.15) is 0 Å². The van der Waals surface area contributed by atoms with E-state index in [0.717, 1.165) is 56.7 Å². The molecule has 7 aromatic rings. The first-order valence-electron chi connectivity index (χ1n) is 16.3. The Bertz CT molecular complexity index is 2070. The molecule has 0 radical (unpaired) electrons. The van der Waals surface area contributed by atoms with Crippen molar-refractivity contribution in [1.29, 1.82) is 0 Å². The minimum absolute atomic E-state index is 0.0857. The van der Waals surface area contributed by atoms with Crippen molar-refractivity contribution in [2.45, 2.75) is 26.2 Å². The van der Waals surface area contributed by atoms with Crippen molar-refractivity contribution in [3.05, 3.63) is 180 Å². The van der Waals surface area contributed by atoms with E-state index in [-0.39, 0.29) is 5.41 Å². The summed E-state index contributed by atoms with van der Waals surface area (Å²) >= 11 is 0. The Labute approximate surface area is 283 Å². The molecule has 0 fully saturated rings. The molecule has 48 heavy (non-hydrogen) atoms. The summed E-state index contributed by atoms with van der Waals surface area (Å²) in [5.74, 6) is 1.63. The predicted molar refractivity (Wildman–Crippen MR) is 201 cm³/mol. The number of benzene rings is 6. The van der Waals surface area contributed by atoms with Gasteiger partial charge in [0.05, 0.1) is 0 Å². The summed E-state index contributed by atoms with van der Waals surface area (Å²) in [5, 5.41) is 9.37. The molecule has 4 heteroatoms. The number of nitrogens with zero attached hydrogens (tertiary/aromatic N) is 4. The Kier molecular flexibility index (Phi) is 8.55. The number of anilines is 3. The van der Waals surface area contributed by atoms with Gasteiger partial charge in [-0.1, -0.05) is 148 Å². The lowest BCUT2D eigenvalue weighted by Gasteiger charge is -2.25. The maximum Gasteiger partial charge on any atom is 0.168 e. The number of hydrogen-bond donors (Lipinski definition) is 0. The van der Waals surface area contributed by atoms with Gasteiger partial charge in [0.2, 0.25) is 0 Å². The van der Waals surface area contributed by atoms with Crippen LogP contribution in [0, 0.1) is 0 Å². The summed E-state index contributed by atoms with van der Waals surface area (Å²) in [4.78, 5) is 2.27. The zero-order chi connectivity index (χ0) is 32.9. The second kappa shape index (κ2) is 13.4. The smallest absolute Gasteiger partial charge is 0.168 e. The molecule has 0 spiro atoms. The highest BCUT2D eigenvalue weighted by molar-refractivity contribution is 5.78. The molecule has 0 N–H and O–H groups in total. The highest BCUT2D eigenvalue weighted by Crippen LogP contribution is 2.35. The molecule has 1 heterocycles. The van der Waals surface area contributed by atoms with Crippen LogP contribution in [0.25, 0.3) is 40.6 Å². The molecule has 1 aromatic heterocycles. The molecular weight excluding hydrogens is 585 g/mol. The number of para-hydroxylation sites is 3. The molecule has 0 aliphatic carbocycles. The monoisotopic (exact) mass is 622 g/mol. The molecule has 0 aliphatic heterocycles. The Morgan fingerprint density at radius 3 is 1.31 bits per heavy atom. The zero-order valence-corrected chi connectivity index (χ0v) is 27.5. The van der Waals surface area contributed by atoms with Gasteiger partial charge in [-0.25, -0.2) is 0 Å². The van der Waals surface area contributed by atoms with Gasteiger partial charge in [0.25, 0.3) is 0 Å². The van der Waals surface area contributed by atoms with Crippen LogP contribution in [-0.2, 0) is 5.41 Å². The first-order valence-corrected chi connectivity index (χ1v) is 16.3. The Morgan fingerprint density at radius 2 is 0.854 bits per heavy atom. The molecule has 0 atom stereocenters. The van der Waals surface area contributed by atoms with Crippen molar-refractivity contribution in [3.8, 4) is 28.5 Å². The number of aromatic nitrogens is 3. The van der Waals surface area contributed by atoms with Crippen LogP contribution in [0.1, 0.15) is 37.5 Å². The first-order chi connectivity index (χ1) is 23.4. The fourth-order valence-corrected chi connectivity index (χ4v) is 5.87. The van der Waals surface area contributed by atoms with Crippen LogP contribution in [0.5, 0.6) is 0 Å². The van der Waals surface area contributed by atoms with Gasteiger partial charge in [0.15, 0.2) is 11.6 Å². The molecule has 0 saturated carbocycles. The van der Waals surface area contributed by atoms with E-state index in [2.05, 4.69) is 181 Å². The van der Waals surface area contributed by atoms with E-state index < -0.39 is 0 Å². The van der Waals surface area contributed by atoms with Crippen LogP contribution in [0.2, 0.25) is 0 Å². The highest BCUT2D eigenvalue weighted by atomic mass is 15.3. The van der Waals surface area contributed by atoms with Crippen molar-refractivity contribution in [1.82, 2.24) is 14.8 Å². The second-order valence-electron chi connectivity index (χ2n) is 12.9. The Balaban J connectivity index is 1.14. The van der Waals surface area contributed by atoms with Gasteiger partial charge in [-0.15, -0.1) is 10.2 Å². The van der Waals surface area contributed by atoms with Crippen molar-refractivity contribution in [2.24, 2.45) is 0 Å². The van der Waals surface area contributed by atoms with Gasteiger partial charge in [-0.2, -0.15) is 0 Å². The maximum absolute atomic E-state index is 4.69. The largest absolute Gasteiger partial charge is 0.311 e. The summed E-state index contributed by atoms with van der Waals surface area (Å²) in [6, 6.07) is 57.1. The molecule has 0 aliphatic rings. The third kappa shape index (κ3) is 6.60. The van der Waals surface area contributed by atoms with Crippen molar-refractivity contribution < 1.29 is 0 Å². The van der Waals surface area contributed by atoms with E-state index in [9.17, 15) is 0 Å². The molecule has 0 amide bonds. The van der Waals surface area contributed by atoms with Gasteiger partial charge >= 0.3 is 0 Å². The third-order valence-electron chi connectivity index (χ3n) is 8.50. The maximum atomic E-state index is 4.69. The molecule has 4 nitrogen and oxygen atoms in total. The van der Waals surface area contributed by atoms with Crippen LogP contribution in [-0.4, -0.2) is 14.8 Å². The Morgan fingerprint density at radius 1 is 0.458 bits per heavy atom. The lowest BCUT2D eigenvalue weighted by molar-refractivity contribution is 0.590. The number of rotatable bonds is 8. The van der Waals surface area contributed by atoms with Gasteiger partial charge in [-0.3, -0.25) is 4.57 Å². The first kappa shape index (κ1) is 30.6.